The second-order valence-corrected chi connectivity index (χ2v) is 7.80. The summed E-state index contributed by atoms with van der Waals surface area (Å²) < 4.78 is 2.07. The van der Waals surface area contributed by atoms with E-state index >= 15 is 0 Å². The van der Waals surface area contributed by atoms with E-state index in [-0.39, 0.29) is 11.6 Å². The Morgan fingerprint density at radius 3 is 2.83 bits per heavy atom. The molecule has 1 heterocycles. The Balaban J connectivity index is 2.21. The zero-order valence-corrected chi connectivity index (χ0v) is 15.8. The van der Waals surface area contributed by atoms with Gasteiger partial charge in [0.2, 0.25) is 0 Å². The number of pyridine rings is 1. The molecule has 1 saturated carbocycles. The molecule has 3 nitrogen and oxygen atoms in total. The lowest BCUT2D eigenvalue weighted by Crippen LogP contribution is -2.37. The van der Waals surface area contributed by atoms with E-state index in [9.17, 15) is 4.79 Å². The Hall–Kier alpha value is -1.06. The number of nitrogens with zero attached hydrogens (tertiary/aromatic N) is 1. The van der Waals surface area contributed by atoms with Gasteiger partial charge >= 0.3 is 0 Å². The molecule has 0 spiro atoms. The van der Waals surface area contributed by atoms with E-state index in [2.05, 4.69) is 29.8 Å². The Bertz CT molecular complexity index is 692. The maximum Gasteiger partial charge on any atom is 0.256 e. The summed E-state index contributed by atoms with van der Waals surface area (Å²) in [7, 11) is 1.92. The molecule has 0 saturated heterocycles. The van der Waals surface area contributed by atoms with Gasteiger partial charge in [-0.05, 0) is 38.6 Å². The third-order valence-corrected chi connectivity index (χ3v) is 6.06. The maximum atomic E-state index is 13.5. The van der Waals surface area contributed by atoms with Crippen LogP contribution in [0.1, 0.15) is 81.3 Å². The van der Waals surface area contributed by atoms with Crippen LogP contribution in [0.2, 0.25) is 5.02 Å². The van der Waals surface area contributed by atoms with Crippen LogP contribution in [-0.4, -0.2) is 11.6 Å². The fraction of sp³-hybridized carbons (Fsp3) is 0.650. The van der Waals surface area contributed by atoms with Crippen LogP contribution in [0.4, 0.5) is 0 Å². The first-order valence-electron chi connectivity index (χ1n) is 9.39. The lowest BCUT2D eigenvalue weighted by Gasteiger charge is -2.33. The number of aromatic nitrogens is 1. The van der Waals surface area contributed by atoms with Crippen LogP contribution in [0.5, 0.6) is 0 Å². The standard InChI is InChI=1S/C20H29ClN2O/c1-4-7-17-19(21)15-10-6-11-16(22-3)18(15)20(24)23(17)14-9-5-8-13(2)12-14/h6,10,13-14,16,22H,4-5,7-9,11-12H2,1-3H3/t13-,14?,16?/m0/s1. The summed E-state index contributed by atoms with van der Waals surface area (Å²) in [4.78, 5) is 13.5. The van der Waals surface area contributed by atoms with E-state index in [0.717, 1.165) is 53.9 Å². The van der Waals surface area contributed by atoms with E-state index < -0.39 is 0 Å². The largest absolute Gasteiger partial charge is 0.313 e. The van der Waals surface area contributed by atoms with Gasteiger partial charge in [-0.25, -0.2) is 0 Å². The molecule has 0 radical (unpaired) electrons. The molecule has 0 aromatic carbocycles. The van der Waals surface area contributed by atoms with Crippen molar-refractivity contribution < 1.29 is 0 Å². The molecule has 0 aliphatic heterocycles. The highest BCUT2D eigenvalue weighted by atomic mass is 35.5. The molecule has 4 heteroatoms. The first-order chi connectivity index (χ1) is 11.6. The maximum absolute atomic E-state index is 13.5. The summed E-state index contributed by atoms with van der Waals surface area (Å²) in [6, 6.07) is 0.368. The minimum Gasteiger partial charge on any atom is -0.313 e. The predicted molar refractivity (Wildman–Crippen MR) is 102 cm³/mol. The molecular weight excluding hydrogens is 320 g/mol. The van der Waals surface area contributed by atoms with Gasteiger partial charge in [0.05, 0.1) is 5.02 Å². The molecule has 2 aliphatic carbocycles. The van der Waals surface area contributed by atoms with E-state index in [1.54, 1.807) is 0 Å². The van der Waals surface area contributed by atoms with Gasteiger partial charge in [0.25, 0.3) is 5.56 Å². The third-order valence-electron chi connectivity index (χ3n) is 5.63. The van der Waals surface area contributed by atoms with Crippen LogP contribution in [0, 0.1) is 5.92 Å². The average molecular weight is 349 g/mol. The molecule has 3 rings (SSSR count). The molecule has 0 bridgehead atoms. The van der Waals surface area contributed by atoms with Gasteiger partial charge in [0.15, 0.2) is 0 Å². The molecule has 3 atom stereocenters. The number of hydrogen-bond donors (Lipinski definition) is 1. The highest BCUT2D eigenvalue weighted by Crippen LogP contribution is 2.37. The summed E-state index contributed by atoms with van der Waals surface area (Å²) in [6.07, 6.45) is 11.5. The molecule has 1 fully saturated rings. The summed E-state index contributed by atoms with van der Waals surface area (Å²) in [5.41, 5.74) is 3.03. The zero-order chi connectivity index (χ0) is 17.3. The fourth-order valence-corrected chi connectivity index (χ4v) is 4.79. The SMILES string of the molecule is CCCc1c(Cl)c2c(c(=O)n1C1CCC[C@H](C)C1)C(NC)CC=C2. The Morgan fingerprint density at radius 1 is 1.38 bits per heavy atom. The van der Waals surface area contributed by atoms with E-state index in [1.807, 2.05) is 13.1 Å². The normalized spacial score (nSPS) is 26.4. The number of rotatable bonds is 4. The van der Waals surface area contributed by atoms with Gasteiger partial charge in [-0.1, -0.05) is 56.9 Å². The van der Waals surface area contributed by atoms with Gasteiger partial charge in [0, 0.05) is 28.9 Å². The van der Waals surface area contributed by atoms with Crippen molar-refractivity contribution >= 4 is 17.7 Å². The third kappa shape index (κ3) is 3.09. The van der Waals surface area contributed by atoms with Crippen LogP contribution in [0.15, 0.2) is 10.9 Å². The molecule has 2 unspecified atom stereocenters. The summed E-state index contributed by atoms with van der Waals surface area (Å²) in [5, 5.41) is 4.09. The summed E-state index contributed by atoms with van der Waals surface area (Å²) >= 11 is 6.82. The quantitative estimate of drug-likeness (QED) is 0.841. The lowest BCUT2D eigenvalue weighted by molar-refractivity contribution is 0.272. The number of fused-ring (bicyclic) bond motifs is 1. The highest BCUT2D eigenvalue weighted by Gasteiger charge is 2.30. The van der Waals surface area contributed by atoms with Crippen molar-refractivity contribution in [2.24, 2.45) is 5.92 Å². The molecule has 132 valence electrons. The van der Waals surface area contributed by atoms with Crippen molar-refractivity contribution in [3.63, 3.8) is 0 Å². The number of halogens is 1. The van der Waals surface area contributed by atoms with E-state index in [0.29, 0.717) is 12.0 Å². The minimum atomic E-state index is 0.0675. The lowest BCUT2D eigenvalue weighted by atomic mass is 9.85. The van der Waals surface area contributed by atoms with Crippen LogP contribution < -0.4 is 10.9 Å². The van der Waals surface area contributed by atoms with Crippen molar-refractivity contribution in [3.8, 4) is 0 Å². The highest BCUT2D eigenvalue weighted by molar-refractivity contribution is 6.32. The Kier molecular flexibility index (Phi) is 5.51. The first kappa shape index (κ1) is 17.8. The van der Waals surface area contributed by atoms with Gasteiger partial charge in [-0.3, -0.25) is 4.79 Å². The van der Waals surface area contributed by atoms with Crippen LogP contribution in [0.3, 0.4) is 0 Å². The van der Waals surface area contributed by atoms with E-state index in [1.165, 1.54) is 12.8 Å². The number of hydrogen-bond acceptors (Lipinski definition) is 2. The van der Waals surface area contributed by atoms with Crippen molar-refractivity contribution in [2.45, 2.75) is 70.9 Å². The monoisotopic (exact) mass is 348 g/mol. The second kappa shape index (κ2) is 7.45. The molecule has 1 aromatic rings. The van der Waals surface area contributed by atoms with Gasteiger partial charge < -0.3 is 9.88 Å². The van der Waals surface area contributed by atoms with E-state index in [4.69, 9.17) is 11.6 Å². The zero-order valence-electron chi connectivity index (χ0n) is 15.1. The molecule has 1 aromatic heterocycles. The van der Waals surface area contributed by atoms with Crippen LogP contribution >= 0.6 is 11.6 Å². The molecule has 0 amide bonds. The van der Waals surface area contributed by atoms with Crippen molar-refractivity contribution in [1.82, 2.24) is 9.88 Å². The molecule has 24 heavy (non-hydrogen) atoms. The van der Waals surface area contributed by atoms with Crippen LogP contribution in [-0.2, 0) is 6.42 Å². The molecular formula is C20H29ClN2O. The summed E-state index contributed by atoms with van der Waals surface area (Å²) in [6.45, 7) is 4.45. The summed E-state index contributed by atoms with van der Waals surface area (Å²) in [5.74, 6) is 0.680. The van der Waals surface area contributed by atoms with Crippen LogP contribution in [0.25, 0.3) is 6.08 Å². The minimum absolute atomic E-state index is 0.0675. The van der Waals surface area contributed by atoms with Crippen molar-refractivity contribution in [2.75, 3.05) is 7.05 Å². The smallest absolute Gasteiger partial charge is 0.256 e. The topological polar surface area (TPSA) is 34.0 Å². The first-order valence-corrected chi connectivity index (χ1v) is 9.76. The second-order valence-electron chi connectivity index (χ2n) is 7.42. The molecule has 1 N–H and O–H groups in total. The molecule has 2 aliphatic rings. The Morgan fingerprint density at radius 2 is 2.17 bits per heavy atom. The Labute approximate surface area is 150 Å². The fourth-order valence-electron chi connectivity index (χ4n) is 4.44. The van der Waals surface area contributed by atoms with Gasteiger partial charge in [-0.2, -0.15) is 0 Å². The number of nitrogens with one attached hydrogen (secondary N) is 1. The predicted octanol–water partition coefficient (Wildman–Crippen LogP) is 4.88. The van der Waals surface area contributed by atoms with Gasteiger partial charge in [0.1, 0.15) is 0 Å². The van der Waals surface area contributed by atoms with Crippen molar-refractivity contribution in [1.29, 1.82) is 0 Å². The van der Waals surface area contributed by atoms with Crippen molar-refractivity contribution in [3.05, 3.63) is 38.3 Å². The average Bonchev–Trinajstić information content (AvgIpc) is 2.59. The van der Waals surface area contributed by atoms with Gasteiger partial charge in [-0.15, -0.1) is 0 Å².